The zero-order valence-electron chi connectivity index (χ0n) is 7.86. The van der Waals surface area contributed by atoms with Gasteiger partial charge < -0.3 is 5.73 Å². The van der Waals surface area contributed by atoms with Crippen molar-refractivity contribution < 1.29 is 4.21 Å². The van der Waals surface area contributed by atoms with Crippen molar-refractivity contribution in [3.05, 3.63) is 24.3 Å². The highest BCUT2D eigenvalue weighted by Gasteiger charge is 1.96. The van der Waals surface area contributed by atoms with Gasteiger partial charge in [-0.1, -0.05) is 6.92 Å². The molecule has 0 saturated heterocycles. The molecule has 0 bridgehead atoms. The van der Waals surface area contributed by atoms with Crippen molar-refractivity contribution in [3.63, 3.8) is 0 Å². The fraction of sp³-hybridized carbons (Fsp3) is 0.333. The van der Waals surface area contributed by atoms with Crippen LogP contribution in [-0.4, -0.2) is 16.2 Å². The average molecular weight is 198 g/mol. The number of hydrogen-bond donors (Lipinski definition) is 1. The summed E-state index contributed by atoms with van der Waals surface area (Å²) in [6.07, 6.45) is 1.66. The molecule has 3 nitrogen and oxygen atoms in total. The fourth-order valence-corrected chi connectivity index (χ4v) is 1.52. The Morgan fingerprint density at radius 1 is 1.38 bits per heavy atom. The van der Waals surface area contributed by atoms with Gasteiger partial charge in [-0.2, -0.15) is 4.36 Å². The number of hydrogen-bond acceptors (Lipinski definition) is 3. The van der Waals surface area contributed by atoms with Crippen molar-refractivity contribution in [1.82, 2.24) is 0 Å². The van der Waals surface area contributed by atoms with E-state index in [-0.39, 0.29) is 0 Å². The van der Waals surface area contributed by atoms with Crippen LogP contribution in [0.4, 0.5) is 11.4 Å². The summed E-state index contributed by atoms with van der Waals surface area (Å²) in [5.74, 6) is 0.567. The quantitative estimate of drug-likeness (QED) is 0.739. The van der Waals surface area contributed by atoms with Crippen molar-refractivity contribution in [3.8, 4) is 0 Å². The Kier molecular flexibility index (Phi) is 2.93. The zero-order valence-corrected chi connectivity index (χ0v) is 8.67. The van der Waals surface area contributed by atoms with Crippen LogP contribution in [0.25, 0.3) is 0 Å². The van der Waals surface area contributed by atoms with E-state index in [0.29, 0.717) is 11.4 Å². The topological polar surface area (TPSA) is 55.5 Å². The zero-order chi connectivity index (χ0) is 9.90. The summed E-state index contributed by atoms with van der Waals surface area (Å²) in [5, 5.41) is 0. The summed E-state index contributed by atoms with van der Waals surface area (Å²) >= 11 is 0. The molecule has 1 unspecified atom stereocenters. The van der Waals surface area contributed by atoms with Crippen LogP contribution in [0.3, 0.4) is 0 Å². The van der Waals surface area contributed by atoms with Crippen molar-refractivity contribution in [1.29, 1.82) is 0 Å². The van der Waals surface area contributed by atoms with Gasteiger partial charge in [0.05, 0.1) is 5.69 Å². The average Bonchev–Trinajstić information content (AvgIpc) is 2.09. The molecule has 2 N–H and O–H groups in total. The summed E-state index contributed by atoms with van der Waals surface area (Å²) in [4.78, 5) is 0. The highest BCUT2D eigenvalue weighted by Crippen LogP contribution is 2.15. The predicted octanol–water partition coefficient (Wildman–Crippen LogP) is 2.02. The van der Waals surface area contributed by atoms with Crippen LogP contribution in [-0.2, 0) is 9.73 Å². The third-order valence-electron chi connectivity index (χ3n) is 1.73. The van der Waals surface area contributed by atoms with Gasteiger partial charge in [-0.15, -0.1) is 0 Å². The second kappa shape index (κ2) is 3.79. The Balaban J connectivity index is 3.06. The minimum absolute atomic E-state index is 0.567. The predicted molar refractivity (Wildman–Crippen MR) is 57.5 cm³/mol. The van der Waals surface area contributed by atoms with Crippen molar-refractivity contribution >= 4 is 21.1 Å². The van der Waals surface area contributed by atoms with E-state index < -0.39 is 9.73 Å². The maximum absolute atomic E-state index is 11.6. The molecule has 0 heterocycles. The molecule has 4 heteroatoms. The summed E-state index contributed by atoms with van der Waals surface area (Å²) in [6.45, 7) is 1.86. The molecule has 1 rings (SSSR count). The largest absolute Gasteiger partial charge is 0.399 e. The summed E-state index contributed by atoms with van der Waals surface area (Å²) in [5.41, 5.74) is 6.93. The molecule has 0 radical (unpaired) electrons. The van der Waals surface area contributed by atoms with Gasteiger partial charge in [-0.25, -0.2) is 4.21 Å². The highest BCUT2D eigenvalue weighted by atomic mass is 32.2. The Morgan fingerprint density at radius 3 is 2.38 bits per heavy atom. The second-order valence-corrected chi connectivity index (χ2v) is 5.61. The molecule has 0 amide bonds. The van der Waals surface area contributed by atoms with E-state index in [1.807, 2.05) is 6.92 Å². The van der Waals surface area contributed by atoms with E-state index in [9.17, 15) is 4.21 Å². The Hall–Kier alpha value is -1.03. The minimum atomic E-state index is -2.05. The van der Waals surface area contributed by atoms with Gasteiger partial charge in [0.1, 0.15) is 0 Å². The SMILES string of the molecule is CCS(C)(=O)=Nc1ccc(N)cc1. The number of nitrogens with zero attached hydrogens (tertiary/aromatic N) is 1. The first-order chi connectivity index (χ1) is 6.03. The van der Waals surface area contributed by atoms with Crippen LogP contribution in [0.15, 0.2) is 28.6 Å². The van der Waals surface area contributed by atoms with Gasteiger partial charge >= 0.3 is 0 Å². The van der Waals surface area contributed by atoms with E-state index in [4.69, 9.17) is 5.73 Å². The van der Waals surface area contributed by atoms with Crippen LogP contribution >= 0.6 is 0 Å². The second-order valence-electron chi connectivity index (χ2n) is 2.93. The van der Waals surface area contributed by atoms with Crippen LogP contribution < -0.4 is 5.73 Å². The van der Waals surface area contributed by atoms with E-state index in [2.05, 4.69) is 4.36 Å². The molecule has 0 saturated carbocycles. The van der Waals surface area contributed by atoms with Gasteiger partial charge in [0.15, 0.2) is 0 Å². The van der Waals surface area contributed by atoms with E-state index in [0.717, 1.165) is 5.69 Å². The molecular formula is C9H14N2OS. The maximum atomic E-state index is 11.6. The number of nitrogens with two attached hydrogens (primary N) is 1. The first kappa shape index (κ1) is 10.1. The smallest absolute Gasteiger partial charge is 0.0731 e. The molecule has 72 valence electrons. The van der Waals surface area contributed by atoms with Crippen LogP contribution in [0.2, 0.25) is 0 Å². The molecule has 0 aliphatic carbocycles. The summed E-state index contributed by atoms with van der Waals surface area (Å²) in [6, 6.07) is 7.05. The Bertz CT molecular complexity index is 389. The number of rotatable bonds is 2. The first-order valence-corrected chi connectivity index (χ1v) is 6.18. The molecule has 13 heavy (non-hydrogen) atoms. The molecular weight excluding hydrogens is 184 g/mol. The molecule has 1 aromatic carbocycles. The number of nitrogen functional groups attached to an aromatic ring is 1. The lowest BCUT2D eigenvalue weighted by Crippen LogP contribution is -1.97. The molecule has 1 aromatic rings. The normalized spacial score (nSPS) is 14.9. The number of anilines is 1. The van der Waals surface area contributed by atoms with E-state index >= 15 is 0 Å². The van der Waals surface area contributed by atoms with Crippen LogP contribution in [0.5, 0.6) is 0 Å². The van der Waals surface area contributed by atoms with Gasteiger partial charge in [-0.3, -0.25) is 0 Å². The monoisotopic (exact) mass is 198 g/mol. The van der Waals surface area contributed by atoms with Crippen molar-refractivity contribution in [2.24, 2.45) is 4.36 Å². The molecule has 1 atom stereocenters. The molecule has 0 fully saturated rings. The Labute approximate surface area is 79.1 Å². The maximum Gasteiger partial charge on any atom is 0.0731 e. The van der Waals surface area contributed by atoms with Gasteiger partial charge in [-0.05, 0) is 24.3 Å². The van der Waals surface area contributed by atoms with Crippen LogP contribution in [0, 0.1) is 0 Å². The van der Waals surface area contributed by atoms with E-state index in [1.54, 1.807) is 30.5 Å². The lowest BCUT2D eigenvalue weighted by molar-refractivity contribution is 0.681. The number of benzene rings is 1. The van der Waals surface area contributed by atoms with Crippen molar-refractivity contribution in [2.45, 2.75) is 6.92 Å². The molecule has 0 aliphatic rings. The standard InChI is InChI=1S/C9H14N2OS/c1-3-13(2,12)11-9-6-4-8(10)5-7-9/h4-7H,3,10H2,1-2H3. The first-order valence-electron chi connectivity index (χ1n) is 4.09. The lowest BCUT2D eigenvalue weighted by atomic mass is 10.3. The van der Waals surface area contributed by atoms with Gasteiger partial charge in [0.2, 0.25) is 0 Å². The van der Waals surface area contributed by atoms with Crippen molar-refractivity contribution in [2.75, 3.05) is 17.7 Å². The van der Waals surface area contributed by atoms with E-state index in [1.165, 1.54) is 0 Å². The molecule has 0 aliphatic heterocycles. The van der Waals surface area contributed by atoms with Crippen LogP contribution in [0.1, 0.15) is 6.92 Å². The fourth-order valence-electron chi connectivity index (χ4n) is 0.823. The third kappa shape index (κ3) is 3.06. The minimum Gasteiger partial charge on any atom is -0.399 e. The lowest BCUT2D eigenvalue weighted by Gasteiger charge is -1.99. The van der Waals surface area contributed by atoms with Gasteiger partial charge in [0.25, 0.3) is 0 Å². The summed E-state index contributed by atoms with van der Waals surface area (Å²) < 4.78 is 15.7. The molecule has 0 spiro atoms. The molecule has 0 aromatic heterocycles. The third-order valence-corrected chi connectivity index (χ3v) is 3.40. The highest BCUT2D eigenvalue weighted by molar-refractivity contribution is 7.93. The van der Waals surface area contributed by atoms with Gasteiger partial charge in [0, 0.05) is 27.4 Å². The Morgan fingerprint density at radius 2 is 1.92 bits per heavy atom. The summed E-state index contributed by atoms with van der Waals surface area (Å²) in [7, 11) is -2.05.